The molecule has 0 amide bonds. The first-order valence-corrected chi connectivity index (χ1v) is 13.6. The highest BCUT2D eigenvalue weighted by Crippen LogP contribution is 2.34. The van der Waals surface area contributed by atoms with E-state index in [0.29, 0.717) is 46.6 Å². The first-order valence-electron chi connectivity index (χ1n) is 13.6. The molecule has 1 fully saturated rings. The summed E-state index contributed by atoms with van der Waals surface area (Å²) in [5.41, 5.74) is 9.77. The number of ketones is 1. The van der Waals surface area contributed by atoms with Gasteiger partial charge in [-0.05, 0) is 68.0 Å². The van der Waals surface area contributed by atoms with Crippen LogP contribution in [0.15, 0.2) is 72.1 Å². The summed E-state index contributed by atoms with van der Waals surface area (Å²) >= 11 is 0. The fourth-order valence-electron chi connectivity index (χ4n) is 5.15. The second-order valence-corrected chi connectivity index (χ2v) is 9.95. The summed E-state index contributed by atoms with van der Waals surface area (Å²) in [7, 11) is 1.62. The molecule has 2 aromatic carbocycles. The third-order valence-corrected chi connectivity index (χ3v) is 7.36. The fourth-order valence-corrected chi connectivity index (χ4v) is 5.15. The molecule has 1 aliphatic carbocycles. The van der Waals surface area contributed by atoms with Gasteiger partial charge in [-0.25, -0.2) is 5.01 Å². The van der Waals surface area contributed by atoms with Gasteiger partial charge >= 0.3 is 0 Å². The molecule has 5 rings (SSSR count). The number of hydrogen-bond donors (Lipinski definition) is 1. The molecule has 2 aliphatic rings. The number of hydrogen-bond acceptors (Lipinski definition) is 9. The van der Waals surface area contributed by atoms with Crippen molar-refractivity contribution in [3.8, 4) is 11.5 Å². The number of hydrazone groups is 1. The van der Waals surface area contributed by atoms with Crippen LogP contribution in [-0.2, 0) is 9.53 Å². The number of carbonyl (C=O) groups excluding carboxylic acids is 2. The zero-order valence-corrected chi connectivity index (χ0v) is 22.7. The van der Waals surface area contributed by atoms with Gasteiger partial charge in [0, 0.05) is 29.1 Å². The lowest BCUT2D eigenvalue weighted by Gasteiger charge is -2.38. The highest BCUT2D eigenvalue weighted by atomic mass is 16.5. The smallest absolute Gasteiger partial charge is 0.204 e. The maximum atomic E-state index is 12.8. The Labute approximate surface area is 233 Å². The maximum Gasteiger partial charge on any atom is 0.204 e. The Morgan fingerprint density at radius 2 is 1.90 bits per heavy atom. The summed E-state index contributed by atoms with van der Waals surface area (Å²) in [6.45, 7) is 1.98. The van der Waals surface area contributed by atoms with Gasteiger partial charge in [-0.1, -0.05) is 31.2 Å². The number of nitrogens with zero attached hydrogens (tertiary/aromatic N) is 3. The van der Waals surface area contributed by atoms with Gasteiger partial charge in [0.1, 0.15) is 12.3 Å². The first-order chi connectivity index (χ1) is 19.5. The second kappa shape index (κ2) is 12.4. The van der Waals surface area contributed by atoms with Gasteiger partial charge in [0.15, 0.2) is 23.6 Å². The third kappa shape index (κ3) is 5.76. The number of nitrogens with two attached hydrogens (primary N) is 1. The standard InChI is InChI=1S/C31H34N4O5/c1-3-25-29(22-14-15-26(38-2)27(17-22)39-24-8-4-5-9-24)34-35(28(19-36)40-25)31(32)21-12-10-20(11-13-21)30(37)23-7-6-16-33-18-23/h6-7,10-19,24-25,28,31H,3-5,8-9,32H2,1-2H3. The van der Waals surface area contributed by atoms with Gasteiger partial charge in [0.05, 0.1) is 18.9 Å². The van der Waals surface area contributed by atoms with E-state index in [1.54, 1.807) is 49.7 Å². The van der Waals surface area contributed by atoms with Gasteiger partial charge in [-0.3, -0.25) is 14.6 Å². The van der Waals surface area contributed by atoms with Gasteiger partial charge in [-0.2, -0.15) is 5.10 Å². The summed E-state index contributed by atoms with van der Waals surface area (Å²) in [5.74, 6) is 1.18. The van der Waals surface area contributed by atoms with Crippen molar-refractivity contribution < 1.29 is 23.8 Å². The van der Waals surface area contributed by atoms with Crippen LogP contribution < -0.4 is 15.2 Å². The zero-order valence-electron chi connectivity index (χ0n) is 22.7. The van der Waals surface area contributed by atoms with E-state index in [4.69, 9.17) is 25.0 Å². The van der Waals surface area contributed by atoms with Crippen molar-refractivity contribution in [1.82, 2.24) is 9.99 Å². The minimum atomic E-state index is -0.965. The predicted octanol–water partition coefficient (Wildman–Crippen LogP) is 4.64. The van der Waals surface area contributed by atoms with E-state index in [0.717, 1.165) is 31.2 Å². The van der Waals surface area contributed by atoms with E-state index in [1.165, 1.54) is 11.2 Å². The summed E-state index contributed by atoms with van der Waals surface area (Å²) in [6.07, 6.45) is 6.81. The molecule has 2 heterocycles. The first kappa shape index (κ1) is 27.5. The lowest BCUT2D eigenvalue weighted by Crippen LogP contribution is -2.49. The van der Waals surface area contributed by atoms with Crippen LogP contribution in [0.5, 0.6) is 11.5 Å². The topological polar surface area (TPSA) is 116 Å². The van der Waals surface area contributed by atoms with Crippen molar-refractivity contribution in [2.45, 2.75) is 63.6 Å². The lowest BCUT2D eigenvalue weighted by molar-refractivity contribution is -0.144. The van der Waals surface area contributed by atoms with Crippen molar-refractivity contribution >= 4 is 17.8 Å². The van der Waals surface area contributed by atoms with Crippen molar-refractivity contribution in [1.29, 1.82) is 0 Å². The van der Waals surface area contributed by atoms with Crippen molar-refractivity contribution in [3.63, 3.8) is 0 Å². The van der Waals surface area contributed by atoms with E-state index in [-0.39, 0.29) is 11.9 Å². The maximum absolute atomic E-state index is 12.8. The highest BCUT2D eigenvalue weighted by molar-refractivity contribution is 6.08. The number of methoxy groups -OCH3 is 1. The van der Waals surface area contributed by atoms with Crippen LogP contribution in [0.2, 0.25) is 0 Å². The van der Waals surface area contributed by atoms with E-state index in [9.17, 15) is 9.59 Å². The Hall–Kier alpha value is -4.08. The Balaban J connectivity index is 1.44. The molecule has 0 spiro atoms. The molecule has 1 aliphatic heterocycles. The Morgan fingerprint density at radius 1 is 1.12 bits per heavy atom. The molecule has 1 aromatic heterocycles. The molecule has 0 radical (unpaired) electrons. The zero-order chi connectivity index (χ0) is 28.1. The molecule has 3 atom stereocenters. The van der Waals surface area contributed by atoms with Crippen molar-refractivity contribution in [2.75, 3.05) is 7.11 Å². The number of benzene rings is 2. The molecule has 0 bridgehead atoms. The molecule has 9 heteroatoms. The quantitative estimate of drug-likeness (QED) is 0.291. The minimum absolute atomic E-state index is 0.137. The normalized spacial score (nSPS) is 20.1. The summed E-state index contributed by atoms with van der Waals surface area (Å²) in [5, 5.41) is 6.33. The highest BCUT2D eigenvalue weighted by Gasteiger charge is 2.35. The van der Waals surface area contributed by atoms with Gasteiger partial charge in [0.25, 0.3) is 0 Å². The molecular formula is C31H34N4O5. The second-order valence-electron chi connectivity index (χ2n) is 9.95. The van der Waals surface area contributed by atoms with Crippen LogP contribution >= 0.6 is 0 Å². The number of ether oxygens (including phenoxy) is 3. The van der Waals surface area contributed by atoms with E-state index in [2.05, 4.69) is 4.98 Å². The summed E-state index contributed by atoms with van der Waals surface area (Å²) < 4.78 is 18.0. The van der Waals surface area contributed by atoms with Gasteiger partial charge in [-0.15, -0.1) is 0 Å². The average molecular weight is 543 g/mol. The largest absolute Gasteiger partial charge is 0.493 e. The molecule has 9 nitrogen and oxygen atoms in total. The molecule has 3 aromatic rings. The monoisotopic (exact) mass is 542 g/mol. The summed E-state index contributed by atoms with van der Waals surface area (Å²) in [4.78, 5) is 28.9. The number of aromatic nitrogens is 1. The number of pyridine rings is 1. The van der Waals surface area contributed by atoms with Crippen LogP contribution in [0.4, 0.5) is 0 Å². The third-order valence-electron chi connectivity index (χ3n) is 7.36. The molecule has 40 heavy (non-hydrogen) atoms. The predicted molar refractivity (Wildman–Crippen MR) is 150 cm³/mol. The van der Waals surface area contributed by atoms with Crippen molar-refractivity contribution in [3.05, 3.63) is 89.2 Å². The van der Waals surface area contributed by atoms with Crippen LogP contribution in [0.25, 0.3) is 0 Å². The number of carbonyl (C=O) groups is 2. The molecular weight excluding hydrogens is 508 g/mol. The Kier molecular flexibility index (Phi) is 8.52. The SMILES string of the molecule is CCC1OC(C=O)N(C(N)c2ccc(C(=O)c3cccnc3)cc2)N=C1c1ccc(OC)c(OC2CCCC2)c1. The van der Waals surface area contributed by atoms with Gasteiger partial charge < -0.3 is 19.9 Å². The Morgan fingerprint density at radius 3 is 2.55 bits per heavy atom. The van der Waals surface area contributed by atoms with Gasteiger partial charge in [0.2, 0.25) is 6.23 Å². The fraction of sp³-hybridized carbons (Fsp3) is 0.355. The average Bonchev–Trinajstić information content (AvgIpc) is 3.53. The molecule has 2 N–H and O–H groups in total. The van der Waals surface area contributed by atoms with Crippen LogP contribution in [0, 0.1) is 0 Å². The molecule has 1 saturated carbocycles. The molecule has 3 unspecified atom stereocenters. The number of rotatable bonds is 10. The van der Waals surface area contributed by atoms with Crippen LogP contribution in [0.3, 0.4) is 0 Å². The van der Waals surface area contributed by atoms with E-state index in [1.807, 2.05) is 25.1 Å². The Bertz CT molecular complexity index is 1360. The van der Waals surface area contributed by atoms with Crippen LogP contribution in [0.1, 0.15) is 72.2 Å². The minimum Gasteiger partial charge on any atom is -0.493 e. The number of aldehydes is 1. The van der Waals surface area contributed by atoms with Crippen molar-refractivity contribution in [2.24, 2.45) is 10.8 Å². The molecule has 0 saturated heterocycles. The molecule has 208 valence electrons. The summed E-state index contributed by atoms with van der Waals surface area (Å²) in [6, 6.07) is 16.1. The van der Waals surface area contributed by atoms with Crippen LogP contribution in [-0.4, -0.2) is 53.3 Å². The van der Waals surface area contributed by atoms with E-state index >= 15 is 0 Å². The van der Waals surface area contributed by atoms with E-state index < -0.39 is 18.5 Å². The lowest BCUT2D eigenvalue weighted by atomic mass is 10.0.